The van der Waals surface area contributed by atoms with E-state index in [1.807, 2.05) is 48.5 Å². The highest BCUT2D eigenvalue weighted by atomic mass is 32.2. The number of hydrogen-bond donors (Lipinski definition) is 1. The number of nitrogens with zero attached hydrogens (tertiary/aromatic N) is 4. The Morgan fingerprint density at radius 3 is 2.44 bits per heavy atom. The quantitative estimate of drug-likeness (QED) is 0.660. The maximum atomic E-state index is 12.4. The van der Waals surface area contributed by atoms with E-state index in [1.165, 1.54) is 17.3 Å². The molecule has 1 amide bonds. The van der Waals surface area contributed by atoms with E-state index in [1.54, 1.807) is 11.7 Å². The Balaban J connectivity index is 1.66. The van der Waals surface area contributed by atoms with E-state index in [0.717, 1.165) is 12.0 Å². The summed E-state index contributed by atoms with van der Waals surface area (Å²) in [5.41, 5.74) is 2.27. The molecule has 128 valence electrons. The zero-order chi connectivity index (χ0) is 17.5. The lowest BCUT2D eigenvalue weighted by Crippen LogP contribution is -2.31. The third-order valence-corrected chi connectivity index (χ3v) is 4.74. The first-order valence-corrected chi connectivity index (χ1v) is 8.94. The van der Waals surface area contributed by atoms with Gasteiger partial charge in [0.1, 0.15) is 0 Å². The summed E-state index contributed by atoms with van der Waals surface area (Å²) in [6.07, 6.45) is 0.743. The largest absolute Gasteiger partial charge is 0.348 e. The molecule has 0 aliphatic heterocycles. The van der Waals surface area contributed by atoms with Crippen molar-refractivity contribution in [2.75, 3.05) is 5.75 Å². The second-order valence-electron chi connectivity index (χ2n) is 5.59. The smallest absolute Gasteiger partial charge is 0.230 e. The molecule has 25 heavy (non-hydrogen) atoms. The number of aromatic nitrogens is 4. The van der Waals surface area contributed by atoms with Crippen LogP contribution in [-0.2, 0) is 18.3 Å². The minimum Gasteiger partial charge on any atom is -0.348 e. The molecule has 0 saturated carbocycles. The third kappa shape index (κ3) is 4.90. The van der Waals surface area contributed by atoms with Gasteiger partial charge < -0.3 is 5.32 Å². The topological polar surface area (TPSA) is 72.7 Å². The number of carbonyl (C=O) groups is 1. The molecule has 1 heterocycles. The SMILES string of the molecule is Cn1nnnc1SCC(=O)NC(Cc1ccccc1)c1ccccc1. The van der Waals surface area contributed by atoms with Crippen molar-refractivity contribution in [3.63, 3.8) is 0 Å². The summed E-state index contributed by atoms with van der Waals surface area (Å²) in [6, 6.07) is 20.1. The van der Waals surface area contributed by atoms with E-state index >= 15 is 0 Å². The van der Waals surface area contributed by atoms with E-state index in [0.29, 0.717) is 5.16 Å². The molecule has 0 aliphatic carbocycles. The third-order valence-electron chi connectivity index (χ3n) is 3.73. The first-order chi connectivity index (χ1) is 12.2. The fraction of sp³-hybridized carbons (Fsp3) is 0.222. The molecular formula is C18H19N5OS. The van der Waals surface area contributed by atoms with Crippen molar-refractivity contribution in [1.29, 1.82) is 0 Å². The average molecular weight is 353 g/mol. The highest BCUT2D eigenvalue weighted by Crippen LogP contribution is 2.19. The molecule has 1 unspecified atom stereocenters. The van der Waals surface area contributed by atoms with Crippen molar-refractivity contribution in [2.24, 2.45) is 7.05 Å². The van der Waals surface area contributed by atoms with E-state index in [4.69, 9.17) is 0 Å². The monoisotopic (exact) mass is 353 g/mol. The van der Waals surface area contributed by atoms with Gasteiger partial charge in [0.15, 0.2) is 0 Å². The molecule has 1 aromatic heterocycles. The van der Waals surface area contributed by atoms with Gasteiger partial charge in [-0.15, -0.1) is 5.10 Å². The van der Waals surface area contributed by atoms with E-state index in [-0.39, 0.29) is 17.7 Å². The summed E-state index contributed by atoms with van der Waals surface area (Å²) in [5.74, 6) is 0.226. The highest BCUT2D eigenvalue weighted by molar-refractivity contribution is 7.99. The molecule has 0 aliphatic rings. The van der Waals surface area contributed by atoms with Crippen LogP contribution in [0.5, 0.6) is 0 Å². The van der Waals surface area contributed by atoms with Crippen molar-refractivity contribution >= 4 is 17.7 Å². The van der Waals surface area contributed by atoms with Crippen LogP contribution in [0.2, 0.25) is 0 Å². The second-order valence-corrected chi connectivity index (χ2v) is 6.54. The molecule has 0 spiro atoms. The Hall–Kier alpha value is -2.67. The maximum Gasteiger partial charge on any atom is 0.230 e. The van der Waals surface area contributed by atoms with Gasteiger partial charge in [-0.1, -0.05) is 72.4 Å². The lowest BCUT2D eigenvalue weighted by Gasteiger charge is -2.19. The van der Waals surface area contributed by atoms with Gasteiger partial charge in [0.2, 0.25) is 11.1 Å². The Morgan fingerprint density at radius 2 is 1.80 bits per heavy atom. The molecule has 0 saturated heterocycles. The first-order valence-electron chi connectivity index (χ1n) is 7.96. The van der Waals surface area contributed by atoms with Gasteiger partial charge in [-0.05, 0) is 28.0 Å². The molecule has 3 aromatic rings. The Kier molecular flexibility index (Phi) is 5.79. The van der Waals surface area contributed by atoms with Gasteiger partial charge in [-0.2, -0.15) is 0 Å². The van der Waals surface area contributed by atoms with Crippen LogP contribution >= 0.6 is 11.8 Å². The minimum atomic E-state index is -0.0747. The predicted molar refractivity (Wildman–Crippen MR) is 97.0 cm³/mol. The number of nitrogens with one attached hydrogen (secondary N) is 1. The van der Waals surface area contributed by atoms with Crippen molar-refractivity contribution in [3.05, 3.63) is 71.8 Å². The van der Waals surface area contributed by atoms with Crippen LogP contribution in [0.25, 0.3) is 0 Å². The average Bonchev–Trinajstić information content (AvgIpc) is 3.06. The number of carbonyl (C=O) groups excluding carboxylic acids is 1. The van der Waals surface area contributed by atoms with Crippen molar-refractivity contribution < 1.29 is 4.79 Å². The van der Waals surface area contributed by atoms with Crippen LogP contribution in [-0.4, -0.2) is 31.9 Å². The van der Waals surface area contributed by atoms with Gasteiger partial charge in [0, 0.05) is 7.05 Å². The van der Waals surface area contributed by atoms with Crippen molar-refractivity contribution in [3.8, 4) is 0 Å². The van der Waals surface area contributed by atoms with Crippen LogP contribution in [0.1, 0.15) is 17.2 Å². The molecule has 2 aromatic carbocycles. The standard InChI is InChI=1S/C18H19N5OS/c1-23-18(20-21-22-23)25-13-17(24)19-16(15-10-6-3-7-11-15)12-14-8-4-2-5-9-14/h2-11,16H,12-13H2,1H3,(H,19,24). The summed E-state index contributed by atoms with van der Waals surface area (Å²) in [5, 5.41) is 15.0. The van der Waals surface area contributed by atoms with E-state index < -0.39 is 0 Å². The van der Waals surface area contributed by atoms with Gasteiger partial charge >= 0.3 is 0 Å². The lowest BCUT2D eigenvalue weighted by molar-refractivity contribution is -0.119. The van der Waals surface area contributed by atoms with Crippen LogP contribution < -0.4 is 5.32 Å². The highest BCUT2D eigenvalue weighted by Gasteiger charge is 2.16. The molecule has 7 heteroatoms. The molecule has 0 bridgehead atoms. The number of amides is 1. The van der Waals surface area contributed by atoms with E-state index in [9.17, 15) is 4.79 Å². The van der Waals surface area contributed by atoms with Crippen LogP contribution in [0, 0.1) is 0 Å². The number of tetrazole rings is 1. The summed E-state index contributed by atoms with van der Waals surface area (Å²) in [4.78, 5) is 12.4. The van der Waals surface area contributed by atoms with Crippen molar-refractivity contribution in [2.45, 2.75) is 17.6 Å². The summed E-state index contributed by atoms with van der Waals surface area (Å²) >= 11 is 1.32. The minimum absolute atomic E-state index is 0.0437. The van der Waals surface area contributed by atoms with Crippen LogP contribution in [0.15, 0.2) is 65.8 Å². The van der Waals surface area contributed by atoms with Gasteiger partial charge in [0.25, 0.3) is 0 Å². The molecule has 3 rings (SSSR count). The maximum absolute atomic E-state index is 12.4. The Morgan fingerprint density at radius 1 is 1.12 bits per heavy atom. The molecule has 0 radical (unpaired) electrons. The van der Waals surface area contributed by atoms with Crippen LogP contribution in [0.4, 0.5) is 0 Å². The normalized spacial score (nSPS) is 11.9. The van der Waals surface area contributed by atoms with Crippen LogP contribution in [0.3, 0.4) is 0 Å². The number of hydrogen-bond acceptors (Lipinski definition) is 5. The molecule has 1 N–H and O–H groups in total. The first kappa shape index (κ1) is 17.2. The zero-order valence-electron chi connectivity index (χ0n) is 13.9. The van der Waals surface area contributed by atoms with Gasteiger partial charge in [-0.3, -0.25) is 4.79 Å². The number of rotatable bonds is 7. The fourth-order valence-corrected chi connectivity index (χ4v) is 3.16. The second kappa shape index (κ2) is 8.43. The molecular weight excluding hydrogens is 334 g/mol. The number of benzene rings is 2. The lowest BCUT2D eigenvalue weighted by atomic mass is 9.99. The summed E-state index contributed by atoms with van der Waals surface area (Å²) in [6.45, 7) is 0. The zero-order valence-corrected chi connectivity index (χ0v) is 14.7. The molecule has 1 atom stereocenters. The molecule has 0 fully saturated rings. The van der Waals surface area contributed by atoms with E-state index in [2.05, 4.69) is 33.0 Å². The number of thioether (sulfide) groups is 1. The van der Waals surface area contributed by atoms with Crippen molar-refractivity contribution in [1.82, 2.24) is 25.5 Å². The summed E-state index contributed by atoms with van der Waals surface area (Å²) in [7, 11) is 1.75. The predicted octanol–water partition coefficient (Wildman–Crippen LogP) is 2.40. The number of aryl methyl sites for hydroxylation is 1. The van der Waals surface area contributed by atoms with Gasteiger partial charge in [0.05, 0.1) is 11.8 Å². The van der Waals surface area contributed by atoms with Gasteiger partial charge in [-0.25, -0.2) is 4.68 Å². The Labute approximate surface area is 150 Å². The summed E-state index contributed by atoms with van der Waals surface area (Å²) < 4.78 is 1.55. The molecule has 6 nitrogen and oxygen atoms in total. The Bertz CT molecular complexity index is 807. The fourth-order valence-electron chi connectivity index (χ4n) is 2.50.